The number of carbonyl (C=O) groups is 1. The molecule has 0 spiro atoms. The van der Waals surface area contributed by atoms with Gasteiger partial charge in [0.05, 0.1) is 27.2 Å². The Morgan fingerprint density at radius 2 is 1.68 bits per heavy atom. The Bertz CT molecular complexity index is 697. The lowest BCUT2D eigenvalue weighted by Crippen LogP contribution is -2.27. The summed E-state index contributed by atoms with van der Waals surface area (Å²) in [6.45, 7) is 3.13. The fourth-order valence-electron chi connectivity index (χ4n) is 2.54. The number of carbonyl (C=O) groups excluding carboxylic acids is 1. The van der Waals surface area contributed by atoms with E-state index in [1.165, 1.54) is 0 Å². The van der Waals surface area contributed by atoms with Crippen LogP contribution >= 0.6 is 0 Å². The van der Waals surface area contributed by atoms with Gasteiger partial charge < -0.3 is 19.1 Å². The van der Waals surface area contributed by atoms with E-state index in [0.29, 0.717) is 24.7 Å². The number of amides is 1. The van der Waals surface area contributed by atoms with Gasteiger partial charge in [-0.05, 0) is 42.8 Å². The molecule has 2 aromatic rings. The second-order valence-electron chi connectivity index (χ2n) is 5.68. The Labute approximate surface area is 149 Å². The summed E-state index contributed by atoms with van der Waals surface area (Å²) in [7, 11) is 5.00. The average Bonchev–Trinajstić information content (AvgIpc) is 2.63. The zero-order chi connectivity index (χ0) is 18.2. The van der Waals surface area contributed by atoms with Gasteiger partial charge in [0.25, 0.3) is 0 Å². The lowest BCUT2D eigenvalue weighted by molar-refractivity contribution is -0.129. The van der Waals surface area contributed by atoms with Crippen molar-refractivity contribution >= 4 is 5.91 Å². The second kappa shape index (κ2) is 8.97. The van der Waals surface area contributed by atoms with Gasteiger partial charge in [-0.2, -0.15) is 0 Å². The summed E-state index contributed by atoms with van der Waals surface area (Å²) in [4.78, 5) is 14.3. The molecule has 0 aliphatic rings. The Hall–Kier alpha value is -2.69. The molecule has 5 heteroatoms. The number of benzene rings is 2. The first kappa shape index (κ1) is 18.6. The van der Waals surface area contributed by atoms with Crippen LogP contribution < -0.4 is 14.2 Å². The van der Waals surface area contributed by atoms with Crippen LogP contribution in [0.15, 0.2) is 42.5 Å². The molecule has 0 bridgehead atoms. The summed E-state index contributed by atoms with van der Waals surface area (Å²) < 4.78 is 16.0. The molecule has 0 saturated heterocycles. The van der Waals surface area contributed by atoms with Gasteiger partial charge in [-0.3, -0.25) is 4.79 Å². The third-order valence-corrected chi connectivity index (χ3v) is 3.91. The number of rotatable bonds is 8. The second-order valence-corrected chi connectivity index (χ2v) is 5.68. The van der Waals surface area contributed by atoms with Gasteiger partial charge in [-0.1, -0.05) is 12.1 Å². The van der Waals surface area contributed by atoms with E-state index in [1.54, 1.807) is 26.2 Å². The van der Waals surface area contributed by atoms with Crippen molar-refractivity contribution in [1.29, 1.82) is 0 Å². The highest BCUT2D eigenvalue weighted by molar-refractivity contribution is 5.79. The third-order valence-electron chi connectivity index (χ3n) is 3.91. The highest BCUT2D eigenvalue weighted by Gasteiger charge is 2.14. The molecule has 134 valence electrons. The maximum Gasteiger partial charge on any atom is 0.227 e. The molecule has 0 aliphatic heterocycles. The molecule has 0 saturated carbocycles. The van der Waals surface area contributed by atoms with E-state index in [0.717, 1.165) is 16.9 Å². The monoisotopic (exact) mass is 343 g/mol. The smallest absolute Gasteiger partial charge is 0.227 e. The Kier molecular flexibility index (Phi) is 6.69. The van der Waals surface area contributed by atoms with Crippen molar-refractivity contribution in [3.63, 3.8) is 0 Å². The highest BCUT2D eigenvalue weighted by Crippen LogP contribution is 2.25. The number of likely N-dealkylation sites (N-methyl/N-ethyl adjacent to an activating group) is 1. The van der Waals surface area contributed by atoms with Gasteiger partial charge in [0.2, 0.25) is 5.91 Å². The molecule has 2 aromatic carbocycles. The summed E-state index contributed by atoms with van der Waals surface area (Å²) >= 11 is 0. The maximum atomic E-state index is 12.6. The molecule has 0 aromatic heterocycles. The lowest BCUT2D eigenvalue weighted by Gasteiger charge is -2.19. The van der Waals surface area contributed by atoms with E-state index in [4.69, 9.17) is 14.2 Å². The van der Waals surface area contributed by atoms with Crippen molar-refractivity contribution < 1.29 is 19.0 Å². The normalized spacial score (nSPS) is 10.2. The zero-order valence-electron chi connectivity index (χ0n) is 15.2. The molecule has 0 unspecified atom stereocenters. The van der Waals surface area contributed by atoms with Crippen LogP contribution in [0, 0.1) is 0 Å². The van der Waals surface area contributed by atoms with Crippen molar-refractivity contribution in [2.45, 2.75) is 19.9 Å². The third kappa shape index (κ3) is 5.14. The molecule has 25 heavy (non-hydrogen) atoms. The Balaban J connectivity index is 2.02. The molecule has 0 fully saturated rings. The quantitative estimate of drug-likeness (QED) is 0.738. The Morgan fingerprint density at radius 1 is 1.00 bits per heavy atom. The van der Waals surface area contributed by atoms with E-state index >= 15 is 0 Å². The summed E-state index contributed by atoms with van der Waals surface area (Å²) in [5.74, 6) is 2.24. The number of hydrogen-bond acceptors (Lipinski definition) is 4. The lowest BCUT2D eigenvalue weighted by atomic mass is 10.1. The number of methoxy groups -OCH3 is 2. The SMILES string of the molecule is CCOc1ccc(CN(C)C(=O)Cc2cc(OC)ccc2OC)cc1. The van der Waals surface area contributed by atoms with Crippen LogP contribution in [0.2, 0.25) is 0 Å². The molecule has 0 aliphatic carbocycles. The van der Waals surface area contributed by atoms with Gasteiger partial charge in [0.15, 0.2) is 0 Å². The summed E-state index contributed by atoms with van der Waals surface area (Å²) in [6.07, 6.45) is 0.258. The number of hydrogen-bond donors (Lipinski definition) is 0. The first-order chi connectivity index (χ1) is 12.1. The minimum Gasteiger partial charge on any atom is -0.497 e. The average molecular weight is 343 g/mol. The van der Waals surface area contributed by atoms with Crippen LogP contribution in [-0.2, 0) is 17.8 Å². The van der Waals surface area contributed by atoms with Gasteiger partial charge in [-0.25, -0.2) is 0 Å². The molecule has 0 radical (unpaired) electrons. The van der Waals surface area contributed by atoms with Crippen LogP contribution in [-0.4, -0.2) is 38.7 Å². The molecule has 0 heterocycles. The van der Waals surface area contributed by atoms with Crippen molar-refractivity contribution in [3.8, 4) is 17.2 Å². The van der Waals surface area contributed by atoms with E-state index in [9.17, 15) is 4.79 Å². The van der Waals surface area contributed by atoms with E-state index in [1.807, 2.05) is 49.4 Å². The fourth-order valence-corrected chi connectivity index (χ4v) is 2.54. The fraction of sp³-hybridized carbons (Fsp3) is 0.350. The summed E-state index contributed by atoms with van der Waals surface area (Å²) in [5, 5.41) is 0. The predicted octanol–water partition coefficient (Wildman–Crippen LogP) is 3.30. The Morgan fingerprint density at radius 3 is 2.28 bits per heavy atom. The van der Waals surface area contributed by atoms with Gasteiger partial charge in [0, 0.05) is 19.2 Å². The maximum absolute atomic E-state index is 12.6. The van der Waals surface area contributed by atoms with Crippen molar-refractivity contribution in [3.05, 3.63) is 53.6 Å². The van der Waals surface area contributed by atoms with Crippen LogP contribution in [0.4, 0.5) is 0 Å². The molecular formula is C20H25NO4. The van der Waals surface area contributed by atoms with E-state index in [2.05, 4.69) is 0 Å². The molecular weight excluding hydrogens is 318 g/mol. The molecule has 0 N–H and O–H groups in total. The van der Waals surface area contributed by atoms with Crippen LogP contribution in [0.25, 0.3) is 0 Å². The number of ether oxygens (including phenoxy) is 3. The first-order valence-corrected chi connectivity index (χ1v) is 8.24. The van der Waals surface area contributed by atoms with Crippen molar-refractivity contribution in [2.24, 2.45) is 0 Å². The first-order valence-electron chi connectivity index (χ1n) is 8.24. The van der Waals surface area contributed by atoms with Crippen LogP contribution in [0.1, 0.15) is 18.1 Å². The zero-order valence-corrected chi connectivity index (χ0v) is 15.2. The molecule has 0 atom stereocenters. The minimum absolute atomic E-state index is 0.0143. The molecule has 2 rings (SSSR count). The van der Waals surface area contributed by atoms with Gasteiger partial charge in [-0.15, -0.1) is 0 Å². The largest absolute Gasteiger partial charge is 0.497 e. The van der Waals surface area contributed by atoms with Crippen molar-refractivity contribution in [1.82, 2.24) is 4.90 Å². The predicted molar refractivity (Wildman–Crippen MR) is 97.3 cm³/mol. The summed E-state index contributed by atoms with van der Waals surface area (Å²) in [6, 6.07) is 13.2. The standard InChI is InChI=1S/C20H25NO4/c1-5-25-17-8-6-15(7-9-17)14-21(2)20(22)13-16-12-18(23-3)10-11-19(16)24-4/h6-12H,5,13-14H2,1-4H3. The van der Waals surface area contributed by atoms with Gasteiger partial charge >= 0.3 is 0 Å². The molecule has 1 amide bonds. The molecule has 5 nitrogen and oxygen atoms in total. The summed E-state index contributed by atoms with van der Waals surface area (Å²) in [5.41, 5.74) is 1.86. The van der Waals surface area contributed by atoms with Crippen LogP contribution in [0.3, 0.4) is 0 Å². The topological polar surface area (TPSA) is 48.0 Å². The van der Waals surface area contributed by atoms with Crippen molar-refractivity contribution in [2.75, 3.05) is 27.9 Å². The van der Waals surface area contributed by atoms with E-state index < -0.39 is 0 Å². The number of nitrogens with zero attached hydrogens (tertiary/aromatic N) is 1. The minimum atomic E-state index is 0.0143. The van der Waals surface area contributed by atoms with Gasteiger partial charge in [0.1, 0.15) is 17.2 Å². The van der Waals surface area contributed by atoms with E-state index in [-0.39, 0.29) is 12.3 Å². The van der Waals surface area contributed by atoms with Crippen LogP contribution in [0.5, 0.6) is 17.2 Å². The highest BCUT2D eigenvalue weighted by atomic mass is 16.5.